The van der Waals surface area contributed by atoms with Gasteiger partial charge in [-0.2, -0.15) is 5.26 Å². The van der Waals surface area contributed by atoms with Crippen molar-refractivity contribution in [3.63, 3.8) is 0 Å². The van der Waals surface area contributed by atoms with Crippen molar-refractivity contribution in [3.8, 4) is 6.07 Å². The topological polar surface area (TPSA) is 40.9 Å². The maximum absolute atomic E-state index is 10.6. The normalized spacial score (nSPS) is 9.31. The number of carbonyl (C=O) groups is 1. The Hall–Kier alpha value is -1.33. The molecule has 0 aliphatic carbocycles. The SMILES string of the molecule is CCc1c(C=O)ccc(Cl)c1C#N. The van der Waals surface area contributed by atoms with Crippen molar-refractivity contribution < 1.29 is 4.79 Å². The highest BCUT2D eigenvalue weighted by molar-refractivity contribution is 6.32. The average Bonchev–Trinajstić information content (AvgIpc) is 2.17. The highest BCUT2D eigenvalue weighted by atomic mass is 35.5. The van der Waals surface area contributed by atoms with Crippen molar-refractivity contribution in [1.29, 1.82) is 5.26 Å². The maximum Gasteiger partial charge on any atom is 0.150 e. The van der Waals surface area contributed by atoms with E-state index in [2.05, 4.69) is 0 Å². The number of benzene rings is 1. The van der Waals surface area contributed by atoms with Crippen molar-refractivity contribution in [2.75, 3.05) is 0 Å². The van der Waals surface area contributed by atoms with Gasteiger partial charge in [-0.3, -0.25) is 4.79 Å². The van der Waals surface area contributed by atoms with E-state index in [9.17, 15) is 4.79 Å². The smallest absolute Gasteiger partial charge is 0.150 e. The van der Waals surface area contributed by atoms with Gasteiger partial charge in [-0.25, -0.2) is 0 Å². The fraction of sp³-hybridized carbons (Fsp3) is 0.200. The van der Waals surface area contributed by atoms with Gasteiger partial charge in [0.05, 0.1) is 10.6 Å². The third-order valence-electron chi connectivity index (χ3n) is 1.89. The third kappa shape index (κ3) is 1.71. The van der Waals surface area contributed by atoms with Gasteiger partial charge in [0.25, 0.3) is 0 Å². The average molecular weight is 194 g/mol. The van der Waals surface area contributed by atoms with Crippen LogP contribution in [-0.2, 0) is 6.42 Å². The fourth-order valence-corrected chi connectivity index (χ4v) is 1.47. The second kappa shape index (κ2) is 4.06. The molecule has 0 N–H and O–H groups in total. The van der Waals surface area contributed by atoms with Crippen molar-refractivity contribution in [2.24, 2.45) is 0 Å². The Bertz CT molecular complexity index is 379. The van der Waals surface area contributed by atoms with Crippen LogP contribution in [0, 0.1) is 11.3 Å². The summed E-state index contributed by atoms with van der Waals surface area (Å²) in [6, 6.07) is 5.21. The standard InChI is InChI=1S/C10H8ClNO/c1-2-8-7(6-13)3-4-10(11)9(8)5-12/h3-4,6H,2H2,1H3. The van der Waals surface area contributed by atoms with Gasteiger partial charge in [0.1, 0.15) is 12.4 Å². The van der Waals surface area contributed by atoms with Crippen LogP contribution in [0.3, 0.4) is 0 Å². The summed E-state index contributed by atoms with van der Waals surface area (Å²) in [5.41, 5.74) is 1.68. The molecular weight excluding hydrogens is 186 g/mol. The molecule has 0 aliphatic rings. The van der Waals surface area contributed by atoms with Gasteiger partial charge in [0.2, 0.25) is 0 Å². The van der Waals surface area contributed by atoms with Crippen LogP contribution in [0.2, 0.25) is 5.02 Å². The van der Waals surface area contributed by atoms with Gasteiger partial charge in [-0.05, 0) is 24.1 Å². The Morgan fingerprint density at radius 1 is 1.62 bits per heavy atom. The van der Waals surface area contributed by atoms with Crippen LogP contribution < -0.4 is 0 Å². The molecule has 0 amide bonds. The predicted octanol–water partition coefficient (Wildman–Crippen LogP) is 2.59. The zero-order valence-electron chi connectivity index (χ0n) is 7.17. The number of aldehydes is 1. The molecule has 1 rings (SSSR count). The fourth-order valence-electron chi connectivity index (χ4n) is 1.25. The highest BCUT2D eigenvalue weighted by Gasteiger charge is 2.09. The lowest BCUT2D eigenvalue weighted by atomic mass is 10.0. The third-order valence-corrected chi connectivity index (χ3v) is 2.21. The zero-order valence-corrected chi connectivity index (χ0v) is 7.93. The molecule has 0 unspecified atom stereocenters. The summed E-state index contributed by atoms with van der Waals surface area (Å²) in [5, 5.41) is 9.21. The Balaban J connectivity index is 3.47. The maximum atomic E-state index is 10.6. The zero-order chi connectivity index (χ0) is 9.84. The first-order chi connectivity index (χ1) is 6.24. The number of hydrogen-bond donors (Lipinski definition) is 0. The minimum Gasteiger partial charge on any atom is -0.298 e. The van der Waals surface area contributed by atoms with E-state index in [-0.39, 0.29) is 0 Å². The summed E-state index contributed by atoms with van der Waals surface area (Å²) in [7, 11) is 0. The van der Waals surface area contributed by atoms with Crippen LogP contribution in [-0.4, -0.2) is 6.29 Å². The highest BCUT2D eigenvalue weighted by Crippen LogP contribution is 2.22. The number of nitrogens with zero attached hydrogens (tertiary/aromatic N) is 1. The summed E-state index contributed by atoms with van der Waals surface area (Å²) < 4.78 is 0. The lowest BCUT2D eigenvalue weighted by molar-refractivity contribution is 0.112. The molecule has 2 nitrogen and oxygen atoms in total. The number of halogens is 1. The van der Waals surface area contributed by atoms with Crippen LogP contribution in [0.5, 0.6) is 0 Å². The lowest BCUT2D eigenvalue weighted by Crippen LogP contribution is -1.95. The monoisotopic (exact) mass is 193 g/mol. The van der Waals surface area contributed by atoms with Crippen molar-refractivity contribution in [2.45, 2.75) is 13.3 Å². The van der Waals surface area contributed by atoms with E-state index in [1.807, 2.05) is 13.0 Å². The molecule has 66 valence electrons. The minimum atomic E-state index is 0.407. The Morgan fingerprint density at radius 2 is 2.31 bits per heavy atom. The van der Waals surface area contributed by atoms with E-state index in [1.54, 1.807) is 12.1 Å². The second-order valence-corrected chi connectivity index (χ2v) is 2.98. The van der Waals surface area contributed by atoms with Gasteiger partial charge in [0.15, 0.2) is 0 Å². The van der Waals surface area contributed by atoms with E-state index >= 15 is 0 Å². The molecule has 1 aromatic carbocycles. The van der Waals surface area contributed by atoms with Gasteiger partial charge in [0, 0.05) is 5.56 Å². The van der Waals surface area contributed by atoms with E-state index < -0.39 is 0 Å². The second-order valence-electron chi connectivity index (χ2n) is 2.57. The molecule has 13 heavy (non-hydrogen) atoms. The molecule has 0 atom stereocenters. The van der Waals surface area contributed by atoms with Gasteiger partial charge < -0.3 is 0 Å². The summed E-state index contributed by atoms with van der Waals surface area (Å²) >= 11 is 5.80. The van der Waals surface area contributed by atoms with Crippen LogP contribution in [0.15, 0.2) is 12.1 Å². The molecule has 3 heteroatoms. The number of nitriles is 1. The van der Waals surface area contributed by atoms with Crippen molar-refractivity contribution in [3.05, 3.63) is 33.8 Å². The Kier molecular flexibility index (Phi) is 3.05. The molecule has 0 saturated carbocycles. The van der Waals surface area contributed by atoms with E-state index in [0.717, 1.165) is 11.8 Å². The van der Waals surface area contributed by atoms with Crippen LogP contribution >= 0.6 is 11.6 Å². The Labute approximate surface area is 81.7 Å². The molecule has 0 fully saturated rings. The number of hydrogen-bond acceptors (Lipinski definition) is 2. The summed E-state index contributed by atoms with van der Waals surface area (Å²) in [6.07, 6.45) is 1.38. The summed E-state index contributed by atoms with van der Waals surface area (Å²) in [5.74, 6) is 0. The van der Waals surface area contributed by atoms with Gasteiger partial charge >= 0.3 is 0 Å². The minimum absolute atomic E-state index is 0.407. The first kappa shape index (κ1) is 9.76. The van der Waals surface area contributed by atoms with Crippen LogP contribution in [0.1, 0.15) is 28.4 Å². The summed E-state index contributed by atoms with van der Waals surface area (Å²) in [6.45, 7) is 1.89. The quantitative estimate of drug-likeness (QED) is 0.678. The van der Waals surface area contributed by atoms with E-state index in [0.29, 0.717) is 22.6 Å². The molecule has 0 aromatic heterocycles. The molecule has 0 aliphatic heterocycles. The largest absolute Gasteiger partial charge is 0.298 e. The van der Waals surface area contributed by atoms with Crippen molar-refractivity contribution >= 4 is 17.9 Å². The summed E-state index contributed by atoms with van der Waals surface area (Å²) in [4.78, 5) is 10.6. The van der Waals surface area contributed by atoms with E-state index in [4.69, 9.17) is 16.9 Å². The molecular formula is C10H8ClNO. The molecule has 0 heterocycles. The van der Waals surface area contributed by atoms with Gasteiger partial charge in [-0.1, -0.05) is 18.5 Å². The van der Waals surface area contributed by atoms with Crippen LogP contribution in [0.4, 0.5) is 0 Å². The molecule has 1 aromatic rings. The first-order valence-corrected chi connectivity index (χ1v) is 4.29. The number of rotatable bonds is 2. The first-order valence-electron chi connectivity index (χ1n) is 3.91. The molecule has 0 spiro atoms. The lowest BCUT2D eigenvalue weighted by Gasteiger charge is -2.05. The molecule has 0 saturated heterocycles. The molecule has 0 bridgehead atoms. The van der Waals surface area contributed by atoms with E-state index in [1.165, 1.54) is 0 Å². The van der Waals surface area contributed by atoms with Crippen LogP contribution in [0.25, 0.3) is 0 Å². The molecule has 0 radical (unpaired) electrons. The Morgan fingerprint density at radius 3 is 2.77 bits per heavy atom. The number of carbonyl (C=O) groups excluding carboxylic acids is 1. The predicted molar refractivity (Wildman–Crippen MR) is 50.9 cm³/mol. The van der Waals surface area contributed by atoms with Gasteiger partial charge in [-0.15, -0.1) is 0 Å². The van der Waals surface area contributed by atoms with Crippen molar-refractivity contribution in [1.82, 2.24) is 0 Å².